The third-order valence-electron chi connectivity index (χ3n) is 4.01. The number of amides is 1. The molecule has 3 nitrogen and oxygen atoms in total. The second-order valence-corrected chi connectivity index (χ2v) is 5.34. The van der Waals surface area contributed by atoms with Crippen molar-refractivity contribution in [3.63, 3.8) is 0 Å². The van der Waals surface area contributed by atoms with Gasteiger partial charge in [-0.25, -0.2) is 0 Å². The average molecular weight is 260 g/mol. The zero-order valence-corrected chi connectivity index (χ0v) is 11.9. The average Bonchev–Trinajstić information content (AvgIpc) is 2.46. The van der Waals surface area contributed by atoms with Crippen molar-refractivity contribution in [1.82, 2.24) is 5.32 Å². The maximum absolute atomic E-state index is 11.6. The molecule has 2 rings (SSSR count). The van der Waals surface area contributed by atoms with E-state index in [1.165, 1.54) is 16.7 Å². The van der Waals surface area contributed by atoms with E-state index in [2.05, 4.69) is 30.4 Å². The third-order valence-corrected chi connectivity index (χ3v) is 4.01. The fourth-order valence-electron chi connectivity index (χ4n) is 2.73. The summed E-state index contributed by atoms with van der Waals surface area (Å²) in [4.78, 5) is 11.6. The van der Waals surface area contributed by atoms with Gasteiger partial charge in [-0.3, -0.25) is 4.79 Å². The first kappa shape index (κ1) is 14.1. The second kappa shape index (κ2) is 6.20. The summed E-state index contributed by atoms with van der Waals surface area (Å²) >= 11 is 0. The first-order valence-electron chi connectivity index (χ1n) is 7.33. The van der Waals surface area contributed by atoms with Crippen molar-refractivity contribution < 1.29 is 4.79 Å². The molecule has 0 radical (unpaired) electrons. The Morgan fingerprint density at radius 2 is 2.26 bits per heavy atom. The molecule has 3 N–H and O–H groups in total. The van der Waals surface area contributed by atoms with Crippen LogP contribution in [0.5, 0.6) is 0 Å². The molecule has 0 spiro atoms. The molecule has 0 heterocycles. The van der Waals surface area contributed by atoms with Gasteiger partial charge in [-0.1, -0.05) is 32.0 Å². The van der Waals surface area contributed by atoms with Crippen LogP contribution in [-0.2, 0) is 11.2 Å². The van der Waals surface area contributed by atoms with Crippen LogP contribution in [0, 0.1) is 0 Å². The van der Waals surface area contributed by atoms with Gasteiger partial charge < -0.3 is 11.1 Å². The molecule has 1 aliphatic carbocycles. The number of carbonyl (C=O) groups excluding carboxylic acids is 1. The number of carbonyl (C=O) groups is 1. The van der Waals surface area contributed by atoms with Crippen molar-refractivity contribution in [3.8, 4) is 0 Å². The molecule has 19 heavy (non-hydrogen) atoms. The molecule has 1 amide bonds. The van der Waals surface area contributed by atoms with Crippen LogP contribution in [-0.4, -0.2) is 5.91 Å². The second-order valence-electron chi connectivity index (χ2n) is 5.34. The molecule has 0 saturated heterocycles. The van der Waals surface area contributed by atoms with E-state index < -0.39 is 0 Å². The largest absolute Gasteiger partial charge is 0.349 e. The molecule has 104 valence electrons. The van der Waals surface area contributed by atoms with Crippen LogP contribution in [0.1, 0.15) is 68.3 Å². The van der Waals surface area contributed by atoms with E-state index in [1.54, 1.807) is 0 Å². The van der Waals surface area contributed by atoms with Gasteiger partial charge in [0, 0.05) is 12.5 Å². The normalized spacial score (nSPS) is 19.6. The number of nitrogens with one attached hydrogen (secondary N) is 1. The van der Waals surface area contributed by atoms with E-state index in [0.29, 0.717) is 6.42 Å². The maximum atomic E-state index is 11.6. The number of nitrogens with two attached hydrogens (primary N) is 1. The van der Waals surface area contributed by atoms with Gasteiger partial charge in [0.25, 0.3) is 0 Å². The van der Waals surface area contributed by atoms with E-state index in [9.17, 15) is 4.79 Å². The molecule has 0 fully saturated rings. The standard InChI is InChI=1S/C16H24N2O/c1-3-14(17)12-9-8-11-6-5-7-15(13(11)10-12)18-16(19)4-2/h8-10,14-15H,3-7,17H2,1-2H3,(H,18,19). The van der Waals surface area contributed by atoms with Gasteiger partial charge in [-0.2, -0.15) is 0 Å². The zero-order valence-electron chi connectivity index (χ0n) is 11.9. The quantitative estimate of drug-likeness (QED) is 0.874. The van der Waals surface area contributed by atoms with E-state index in [1.807, 2.05) is 6.92 Å². The van der Waals surface area contributed by atoms with Crippen molar-refractivity contribution >= 4 is 5.91 Å². The third kappa shape index (κ3) is 3.16. The van der Waals surface area contributed by atoms with Gasteiger partial charge in [0.1, 0.15) is 0 Å². The van der Waals surface area contributed by atoms with Crippen LogP contribution in [0.25, 0.3) is 0 Å². The number of benzene rings is 1. The molecule has 0 bridgehead atoms. The van der Waals surface area contributed by atoms with Crippen LogP contribution in [0.15, 0.2) is 18.2 Å². The monoisotopic (exact) mass is 260 g/mol. The lowest BCUT2D eigenvalue weighted by atomic mass is 9.85. The maximum Gasteiger partial charge on any atom is 0.220 e. The van der Waals surface area contributed by atoms with Crippen molar-refractivity contribution in [2.24, 2.45) is 5.73 Å². The lowest BCUT2D eigenvalue weighted by Gasteiger charge is -2.27. The molecule has 1 aromatic carbocycles. The minimum Gasteiger partial charge on any atom is -0.349 e. The Morgan fingerprint density at radius 3 is 2.95 bits per heavy atom. The van der Waals surface area contributed by atoms with Crippen molar-refractivity contribution in [2.45, 2.75) is 58.0 Å². The number of rotatable bonds is 4. The summed E-state index contributed by atoms with van der Waals surface area (Å²) in [6.45, 7) is 3.99. The molecule has 0 saturated carbocycles. The van der Waals surface area contributed by atoms with Gasteiger partial charge >= 0.3 is 0 Å². The molecule has 2 atom stereocenters. The Labute approximate surface area is 115 Å². The van der Waals surface area contributed by atoms with Gasteiger partial charge in [0.2, 0.25) is 5.91 Å². The highest BCUT2D eigenvalue weighted by Crippen LogP contribution is 2.32. The van der Waals surface area contributed by atoms with Crippen LogP contribution in [0.2, 0.25) is 0 Å². The summed E-state index contributed by atoms with van der Waals surface area (Å²) in [5.74, 6) is 0.128. The Morgan fingerprint density at radius 1 is 1.47 bits per heavy atom. The topological polar surface area (TPSA) is 55.1 Å². The Balaban J connectivity index is 2.27. The van der Waals surface area contributed by atoms with E-state index in [0.717, 1.165) is 25.7 Å². The molecule has 1 aliphatic rings. The Kier molecular flexibility index (Phi) is 4.59. The SMILES string of the molecule is CCC(=O)NC1CCCc2ccc(C(N)CC)cc21. The highest BCUT2D eigenvalue weighted by atomic mass is 16.1. The molecule has 1 aromatic rings. The lowest BCUT2D eigenvalue weighted by molar-refractivity contribution is -0.121. The summed E-state index contributed by atoms with van der Waals surface area (Å²) in [6, 6.07) is 6.78. The summed E-state index contributed by atoms with van der Waals surface area (Å²) in [5.41, 5.74) is 9.93. The molecule has 0 aliphatic heterocycles. The first-order valence-corrected chi connectivity index (χ1v) is 7.33. The molecule has 3 heteroatoms. The molecular formula is C16H24N2O. The van der Waals surface area contributed by atoms with Crippen molar-refractivity contribution in [3.05, 3.63) is 34.9 Å². The van der Waals surface area contributed by atoms with Gasteiger partial charge in [0.05, 0.1) is 6.04 Å². The summed E-state index contributed by atoms with van der Waals surface area (Å²) in [7, 11) is 0. The van der Waals surface area contributed by atoms with E-state index >= 15 is 0 Å². The number of aryl methyl sites for hydroxylation is 1. The predicted octanol–water partition coefficient (Wildman–Crippen LogP) is 3.00. The number of hydrogen-bond donors (Lipinski definition) is 2. The Bertz CT molecular complexity index is 456. The fraction of sp³-hybridized carbons (Fsp3) is 0.562. The van der Waals surface area contributed by atoms with Gasteiger partial charge in [-0.05, 0) is 42.4 Å². The van der Waals surface area contributed by atoms with Crippen LogP contribution in [0.4, 0.5) is 0 Å². The smallest absolute Gasteiger partial charge is 0.220 e. The minimum atomic E-state index is 0.0924. The molecular weight excluding hydrogens is 236 g/mol. The number of fused-ring (bicyclic) bond motifs is 1. The van der Waals surface area contributed by atoms with Gasteiger partial charge in [-0.15, -0.1) is 0 Å². The van der Waals surface area contributed by atoms with Crippen LogP contribution in [0.3, 0.4) is 0 Å². The zero-order chi connectivity index (χ0) is 13.8. The summed E-state index contributed by atoms with van der Waals surface area (Å²) < 4.78 is 0. The van der Waals surface area contributed by atoms with Crippen molar-refractivity contribution in [1.29, 1.82) is 0 Å². The molecule has 0 aromatic heterocycles. The van der Waals surface area contributed by atoms with Crippen molar-refractivity contribution in [2.75, 3.05) is 0 Å². The fourth-order valence-corrected chi connectivity index (χ4v) is 2.73. The summed E-state index contributed by atoms with van der Waals surface area (Å²) in [5, 5.41) is 3.13. The van der Waals surface area contributed by atoms with Crippen LogP contribution >= 0.6 is 0 Å². The van der Waals surface area contributed by atoms with Gasteiger partial charge in [0.15, 0.2) is 0 Å². The lowest BCUT2D eigenvalue weighted by Crippen LogP contribution is -2.30. The predicted molar refractivity (Wildman–Crippen MR) is 77.8 cm³/mol. The van der Waals surface area contributed by atoms with E-state index in [4.69, 9.17) is 5.73 Å². The molecule has 2 unspecified atom stereocenters. The Hall–Kier alpha value is -1.35. The highest BCUT2D eigenvalue weighted by Gasteiger charge is 2.22. The highest BCUT2D eigenvalue weighted by molar-refractivity contribution is 5.76. The van der Waals surface area contributed by atoms with Crippen LogP contribution < -0.4 is 11.1 Å². The first-order chi connectivity index (χ1) is 9.15. The minimum absolute atomic E-state index is 0.0924. The van der Waals surface area contributed by atoms with E-state index in [-0.39, 0.29) is 18.0 Å². The summed E-state index contributed by atoms with van der Waals surface area (Å²) in [6.07, 6.45) is 4.75. The number of hydrogen-bond acceptors (Lipinski definition) is 2.